The first-order valence-electron chi connectivity index (χ1n) is 11.2. The van der Waals surface area contributed by atoms with E-state index in [-0.39, 0.29) is 0 Å². The van der Waals surface area contributed by atoms with Gasteiger partial charge in [-0.3, -0.25) is 0 Å². The van der Waals surface area contributed by atoms with Gasteiger partial charge in [0.2, 0.25) is 0 Å². The highest BCUT2D eigenvalue weighted by Crippen LogP contribution is 2.31. The summed E-state index contributed by atoms with van der Waals surface area (Å²) < 4.78 is 7.63. The zero-order chi connectivity index (χ0) is 23.8. The minimum atomic E-state index is 0.425. The average Bonchev–Trinajstić information content (AvgIpc) is 3.36. The van der Waals surface area contributed by atoms with Crippen LogP contribution in [0.4, 0.5) is 11.5 Å². The Morgan fingerprint density at radius 3 is 2.86 bits per heavy atom. The smallest absolute Gasteiger partial charge is 0.160 e. The van der Waals surface area contributed by atoms with Crippen molar-refractivity contribution in [2.75, 3.05) is 18.4 Å². The highest BCUT2D eigenvalue weighted by Gasteiger charge is 2.13. The third kappa shape index (κ3) is 4.27. The lowest BCUT2D eigenvalue weighted by molar-refractivity contribution is 0.478. The number of halogens is 1. The monoisotopic (exact) mass is 484 g/mol. The van der Waals surface area contributed by atoms with Crippen LogP contribution < -0.4 is 15.4 Å². The molecule has 1 aliphatic rings. The molecule has 0 radical (unpaired) electrons. The molecule has 0 amide bonds. The number of hydrogen-bond donors (Lipinski definition) is 2. The molecular weight excluding hydrogens is 464 g/mol. The number of fused-ring (bicyclic) bond motifs is 2. The molecule has 0 unspecified atom stereocenters. The maximum absolute atomic E-state index is 6.28. The molecule has 4 aromatic heterocycles. The number of nitrogens with one attached hydrogen (secondary N) is 2. The summed E-state index contributed by atoms with van der Waals surface area (Å²) in [6, 6.07) is 13.4. The van der Waals surface area contributed by atoms with Crippen LogP contribution in [-0.2, 0) is 0 Å². The van der Waals surface area contributed by atoms with Gasteiger partial charge in [-0.25, -0.2) is 24.5 Å². The largest absolute Gasteiger partial charge is 0.457 e. The van der Waals surface area contributed by atoms with Gasteiger partial charge in [0.25, 0.3) is 0 Å². The van der Waals surface area contributed by atoms with Crippen molar-refractivity contribution in [2.45, 2.75) is 13.3 Å². The summed E-state index contributed by atoms with van der Waals surface area (Å²) in [7, 11) is 0. The van der Waals surface area contributed by atoms with E-state index in [0.717, 1.165) is 47.5 Å². The van der Waals surface area contributed by atoms with E-state index in [1.807, 2.05) is 37.3 Å². The second-order valence-electron chi connectivity index (χ2n) is 8.22. The molecule has 2 N–H and O–H groups in total. The highest BCUT2D eigenvalue weighted by atomic mass is 35.5. The molecule has 6 rings (SSSR count). The topological polar surface area (TPSA) is 102 Å². The van der Waals surface area contributed by atoms with E-state index in [1.54, 1.807) is 23.0 Å². The number of ether oxygens (including phenoxy) is 1. The van der Waals surface area contributed by atoms with Crippen LogP contribution in [0.15, 0.2) is 61.2 Å². The Morgan fingerprint density at radius 2 is 2.00 bits per heavy atom. The molecular formula is C25H21ClN8O. The van der Waals surface area contributed by atoms with Gasteiger partial charge in [-0.15, -0.1) is 0 Å². The molecule has 0 saturated heterocycles. The van der Waals surface area contributed by atoms with E-state index >= 15 is 0 Å². The summed E-state index contributed by atoms with van der Waals surface area (Å²) in [4.78, 5) is 17.9. The maximum Gasteiger partial charge on any atom is 0.160 e. The minimum Gasteiger partial charge on any atom is -0.457 e. The molecule has 0 spiro atoms. The molecule has 10 heteroatoms. The van der Waals surface area contributed by atoms with Crippen molar-refractivity contribution < 1.29 is 4.74 Å². The van der Waals surface area contributed by atoms with E-state index in [2.05, 4.69) is 36.8 Å². The Kier molecular flexibility index (Phi) is 5.48. The predicted molar refractivity (Wildman–Crippen MR) is 135 cm³/mol. The maximum atomic E-state index is 6.28. The van der Waals surface area contributed by atoms with E-state index in [4.69, 9.17) is 21.3 Å². The first-order valence-corrected chi connectivity index (χ1v) is 11.6. The van der Waals surface area contributed by atoms with Crippen molar-refractivity contribution in [3.05, 3.63) is 77.6 Å². The van der Waals surface area contributed by atoms with Crippen molar-refractivity contribution >= 4 is 45.4 Å². The van der Waals surface area contributed by atoms with Crippen molar-refractivity contribution in [1.29, 1.82) is 0 Å². The highest BCUT2D eigenvalue weighted by molar-refractivity contribution is 6.29. The zero-order valence-corrected chi connectivity index (χ0v) is 19.6. The van der Waals surface area contributed by atoms with Crippen LogP contribution in [0.5, 0.6) is 11.5 Å². The van der Waals surface area contributed by atoms with Crippen molar-refractivity contribution in [3.63, 3.8) is 0 Å². The van der Waals surface area contributed by atoms with Gasteiger partial charge < -0.3 is 15.4 Å². The van der Waals surface area contributed by atoms with E-state index in [0.29, 0.717) is 28.1 Å². The van der Waals surface area contributed by atoms with Crippen LogP contribution in [0.2, 0.25) is 5.15 Å². The molecule has 35 heavy (non-hydrogen) atoms. The third-order valence-corrected chi connectivity index (χ3v) is 6.12. The van der Waals surface area contributed by atoms with Gasteiger partial charge in [0.15, 0.2) is 11.5 Å². The Morgan fingerprint density at radius 1 is 1.06 bits per heavy atom. The summed E-state index contributed by atoms with van der Waals surface area (Å²) in [5.74, 6) is 1.95. The lowest BCUT2D eigenvalue weighted by Gasteiger charge is -2.15. The number of aryl methyl sites for hydroxylation is 1. The molecule has 0 aliphatic carbocycles. The van der Waals surface area contributed by atoms with Crippen LogP contribution in [0, 0.1) is 6.92 Å². The Bertz CT molecular complexity index is 1600. The Balaban J connectivity index is 1.27. The van der Waals surface area contributed by atoms with Gasteiger partial charge in [-0.05, 0) is 61.4 Å². The van der Waals surface area contributed by atoms with Gasteiger partial charge in [0, 0.05) is 24.4 Å². The summed E-state index contributed by atoms with van der Waals surface area (Å²) >= 11 is 6.28. The van der Waals surface area contributed by atoms with Gasteiger partial charge in [-0.2, -0.15) is 5.10 Å². The summed E-state index contributed by atoms with van der Waals surface area (Å²) in [6.07, 6.45) is 6.13. The number of pyridine rings is 2. The third-order valence-electron chi connectivity index (χ3n) is 5.85. The van der Waals surface area contributed by atoms with Crippen LogP contribution in [0.3, 0.4) is 0 Å². The molecule has 5 heterocycles. The van der Waals surface area contributed by atoms with Crippen LogP contribution in [0.25, 0.3) is 22.3 Å². The zero-order valence-electron chi connectivity index (χ0n) is 18.9. The van der Waals surface area contributed by atoms with Crippen LogP contribution in [0.1, 0.15) is 17.7 Å². The van der Waals surface area contributed by atoms with Gasteiger partial charge in [0.05, 0.1) is 11.2 Å². The molecule has 174 valence electrons. The second-order valence-corrected chi connectivity index (χ2v) is 8.61. The molecule has 5 aromatic rings. The van der Waals surface area contributed by atoms with Crippen molar-refractivity contribution in [2.24, 2.45) is 0 Å². The average molecular weight is 485 g/mol. The molecule has 0 fully saturated rings. The fraction of sp³-hybridized carbons (Fsp3) is 0.160. The van der Waals surface area contributed by atoms with E-state index in [1.165, 1.54) is 11.9 Å². The van der Waals surface area contributed by atoms with Gasteiger partial charge in [0.1, 0.15) is 34.8 Å². The normalized spacial score (nSPS) is 13.7. The van der Waals surface area contributed by atoms with Gasteiger partial charge in [-0.1, -0.05) is 17.7 Å². The molecule has 9 nitrogen and oxygen atoms in total. The molecule has 1 aliphatic heterocycles. The lowest BCUT2D eigenvalue weighted by Crippen LogP contribution is -2.20. The quantitative estimate of drug-likeness (QED) is 0.338. The minimum absolute atomic E-state index is 0.425. The number of nitrogens with zero attached hydrogens (tertiary/aromatic N) is 6. The summed E-state index contributed by atoms with van der Waals surface area (Å²) in [5.41, 5.74) is 6.15. The first kappa shape index (κ1) is 21.5. The molecule has 0 atom stereocenters. The number of aromatic nitrogens is 6. The van der Waals surface area contributed by atoms with E-state index in [9.17, 15) is 0 Å². The summed E-state index contributed by atoms with van der Waals surface area (Å²) in [5, 5.41) is 11.2. The Labute approximate surface area is 205 Å². The van der Waals surface area contributed by atoms with Crippen molar-refractivity contribution in [1.82, 2.24) is 34.9 Å². The SMILES string of the molecule is Cc1cc(Nc2ncnc3ccc(C4=CCNCC4)nc23)ccc1Oc1cc(Cl)n2ncnc2c1. The first-order chi connectivity index (χ1) is 17.1. The van der Waals surface area contributed by atoms with Gasteiger partial charge >= 0.3 is 0 Å². The predicted octanol–water partition coefficient (Wildman–Crippen LogP) is 4.94. The standard InChI is InChI=1S/C25H21ClN8O/c1-15-10-17(2-5-21(15)35-18-11-22(26)34-23(12-18)29-14-31-34)32-25-24-20(28-13-30-25)4-3-19(33-24)16-6-8-27-9-7-16/h2-6,10-14,27H,7-9H2,1H3,(H,28,30,32). The fourth-order valence-corrected chi connectivity index (χ4v) is 4.33. The Hall–Kier alpha value is -4.08. The van der Waals surface area contributed by atoms with Crippen LogP contribution >= 0.6 is 11.6 Å². The molecule has 0 saturated carbocycles. The van der Waals surface area contributed by atoms with Crippen molar-refractivity contribution in [3.8, 4) is 11.5 Å². The summed E-state index contributed by atoms with van der Waals surface area (Å²) in [6.45, 7) is 3.79. The van der Waals surface area contributed by atoms with Crippen LogP contribution in [-0.4, -0.2) is 42.6 Å². The second kappa shape index (κ2) is 8.94. The van der Waals surface area contributed by atoms with E-state index < -0.39 is 0 Å². The fourth-order valence-electron chi connectivity index (χ4n) is 4.09. The number of anilines is 2. The number of benzene rings is 1. The number of rotatable bonds is 5. The molecule has 0 bridgehead atoms. The molecule has 1 aromatic carbocycles. The number of hydrogen-bond acceptors (Lipinski definition) is 8. The lowest BCUT2D eigenvalue weighted by atomic mass is 10.1.